The maximum atomic E-state index is 12.2. The summed E-state index contributed by atoms with van der Waals surface area (Å²) in [7, 11) is 0. The molecule has 5 nitrogen and oxygen atoms in total. The molecule has 1 saturated heterocycles. The number of hydrogen-bond acceptors (Lipinski definition) is 4. The third kappa shape index (κ3) is 2.76. The van der Waals surface area contributed by atoms with Crippen LogP contribution in [0.5, 0.6) is 0 Å². The van der Waals surface area contributed by atoms with Crippen LogP contribution in [0.15, 0.2) is 16.7 Å². The van der Waals surface area contributed by atoms with E-state index in [9.17, 15) is 9.90 Å². The van der Waals surface area contributed by atoms with E-state index in [2.05, 4.69) is 20.9 Å². The lowest BCUT2D eigenvalue weighted by Crippen LogP contribution is -2.42. The molecule has 2 heterocycles. The Labute approximate surface area is 108 Å². The number of aromatic nitrogens is 1. The average molecular weight is 300 g/mol. The number of nitrogens with zero attached hydrogens (tertiary/aromatic N) is 2. The second-order valence-electron chi connectivity index (χ2n) is 4.14. The molecule has 0 spiro atoms. The molecule has 92 valence electrons. The topological polar surface area (TPSA) is 79.5 Å². The lowest BCUT2D eigenvalue weighted by atomic mass is 10.1. The zero-order valence-corrected chi connectivity index (χ0v) is 10.9. The van der Waals surface area contributed by atoms with Gasteiger partial charge in [0.15, 0.2) is 0 Å². The van der Waals surface area contributed by atoms with Gasteiger partial charge < -0.3 is 15.7 Å². The molecular formula is C11H14BrN3O2. The second kappa shape index (κ2) is 5.01. The number of rotatable bonds is 1. The van der Waals surface area contributed by atoms with Gasteiger partial charge in [0.05, 0.1) is 11.7 Å². The molecule has 17 heavy (non-hydrogen) atoms. The number of pyridine rings is 1. The van der Waals surface area contributed by atoms with Crippen molar-refractivity contribution in [3.8, 4) is 0 Å². The van der Waals surface area contributed by atoms with E-state index in [0.717, 1.165) is 12.8 Å². The van der Waals surface area contributed by atoms with E-state index < -0.39 is 6.10 Å². The molecule has 1 amide bonds. The van der Waals surface area contributed by atoms with Gasteiger partial charge in [-0.3, -0.25) is 4.79 Å². The van der Waals surface area contributed by atoms with Crippen molar-refractivity contribution in [2.75, 3.05) is 18.8 Å². The van der Waals surface area contributed by atoms with Crippen molar-refractivity contribution < 1.29 is 9.90 Å². The number of aliphatic hydroxyl groups is 1. The maximum Gasteiger partial charge on any atom is 0.255 e. The first-order valence-electron chi connectivity index (χ1n) is 5.46. The van der Waals surface area contributed by atoms with Gasteiger partial charge >= 0.3 is 0 Å². The third-order valence-corrected chi connectivity index (χ3v) is 3.42. The summed E-state index contributed by atoms with van der Waals surface area (Å²) < 4.78 is 0.622. The minimum Gasteiger partial charge on any atom is -0.391 e. The molecule has 0 saturated carbocycles. The summed E-state index contributed by atoms with van der Waals surface area (Å²) in [5.74, 6) is 0.193. The van der Waals surface area contributed by atoms with E-state index in [1.807, 2.05) is 0 Å². The van der Waals surface area contributed by atoms with Crippen LogP contribution in [0.25, 0.3) is 0 Å². The van der Waals surface area contributed by atoms with Gasteiger partial charge in [-0.25, -0.2) is 4.98 Å². The SMILES string of the molecule is Nc1cc(C(=O)N2CCCC(O)C2)c(Br)cn1. The molecule has 1 aliphatic rings. The molecule has 0 aliphatic carbocycles. The summed E-state index contributed by atoms with van der Waals surface area (Å²) in [5, 5.41) is 9.56. The van der Waals surface area contributed by atoms with Crippen LogP contribution < -0.4 is 5.73 Å². The van der Waals surface area contributed by atoms with E-state index in [1.54, 1.807) is 11.0 Å². The molecular weight excluding hydrogens is 286 g/mol. The van der Waals surface area contributed by atoms with E-state index >= 15 is 0 Å². The Hall–Kier alpha value is -1.14. The molecule has 2 rings (SSSR count). The van der Waals surface area contributed by atoms with Crippen molar-refractivity contribution in [3.05, 3.63) is 22.3 Å². The average Bonchev–Trinajstić information content (AvgIpc) is 2.31. The van der Waals surface area contributed by atoms with Gasteiger partial charge in [0.25, 0.3) is 5.91 Å². The van der Waals surface area contributed by atoms with Crippen LogP contribution in [-0.2, 0) is 0 Å². The predicted molar refractivity (Wildman–Crippen MR) is 67.5 cm³/mol. The fourth-order valence-electron chi connectivity index (χ4n) is 1.93. The first-order valence-corrected chi connectivity index (χ1v) is 6.25. The van der Waals surface area contributed by atoms with Gasteiger partial charge in [-0.2, -0.15) is 0 Å². The van der Waals surface area contributed by atoms with E-state index in [0.29, 0.717) is 28.9 Å². The van der Waals surface area contributed by atoms with E-state index in [-0.39, 0.29) is 5.91 Å². The number of halogens is 1. The van der Waals surface area contributed by atoms with Crippen molar-refractivity contribution in [2.24, 2.45) is 0 Å². The molecule has 3 N–H and O–H groups in total. The van der Waals surface area contributed by atoms with Crippen LogP contribution in [-0.4, -0.2) is 40.1 Å². The molecule has 1 aliphatic heterocycles. The molecule has 6 heteroatoms. The van der Waals surface area contributed by atoms with Crippen molar-refractivity contribution in [3.63, 3.8) is 0 Å². The predicted octanol–water partition coefficient (Wildman–Crippen LogP) is 1.02. The van der Waals surface area contributed by atoms with Gasteiger partial charge in [-0.1, -0.05) is 0 Å². The number of aliphatic hydroxyl groups excluding tert-OH is 1. The Morgan fingerprint density at radius 3 is 3.12 bits per heavy atom. The number of piperidine rings is 1. The Morgan fingerprint density at radius 1 is 1.65 bits per heavy atom. The van der Waals surface area contributed by atoms with Gasteiger partial charge in [0, 0.05) is 23.8 Å². The summed E-state index contributed by atoms with van der Waals surface area (Å²) in [6.07, 6.45) is 2.67. The van der Waals surface area contributed by atoms with Crippen molar-refractivity contribution >= 4 is 27.7 Å². The number of carbonyl (C=O) groups excluding carboxylic acids is 1. The van der Waals surface area contributed by atoms with Crippen molar-refractivity contribution in [2.45, 2.75) is 18.9 Å². The highest BCUT2D eigenvalue weighted by Crippen LogP contribution is 2.21. The zero-order valence-electron chi connectivity index (χ0n) is 9.27. The van der Waals surface area contributed by atoms with Crippen LogP contribution in [0.1, 0.15) is 23.2 Å². The molecule has 0 radical (unpaired) electrons. The third-order valence-electron chi connectivity index (χ3n) is 2.79. The quantitative estimate of drug-likeness (QED) is 0.811. The number of carbonyl (C=O) groups is 1. The van der Waals surface area contributed by atoms with Crippen LogP contribution in [0, 0.1) is 0 Å². The fourth-order valence-corrected chi connectivity index (χ4v) is 2.31. The molecule has 1 fully saturated rings. The summed E-state index contributed by atoms with van der Waals surface area (Å²) >= 11 is 3.28. The normalized spacial score (nSPS) is 20.4. The number of β-amino-alcohol motifs (C(OH)–C–C–N with tert-alkyl or cyclic N) is 1. The van der Waals surface area contributed by atoms with Crippen molar-refractivity contribution in [1.29, 1.82) is 0 Å². The zero-order chi connectivity index (χ0) is 12.4. The van der Waals surface area contributed by atoms with Crippen LogP contribution in [0.4, 0.5) is 5.82 Å². The molecule has 1 aromatic rings. The van der Waals surface area contributed by atoms with Gasteiger partial charge in [-0.15, -0.1) is 0 Å². The summed E-state index contributed by atoms with van der Waals surface area (Å²) in [5.41, 5.74) is 6.06. The highest BCUT2D eigenvalue weighted by molar-refractivity contribution is 9.10. The Morgan fingerprint density at radius 2 is 2.41 bits per heavy atom. The number of amides is 1. The summed E-state index contributed by atoms with van der Waals surface area (Å²) in [4.78, 5) is 17.8. The van der Waals surface area contributed by atoms with Gasteiger partial charge in [0.1, 0.15) is 5.82 Å². The standard InChI is InChI=1S/C11H14BrN3O2/c12-9-5-14-10(13)4-8(9)11(17)15-3-1-2-7(16)6-15/h4-5,7,16H,1-3,6H2,(H2,13,14). The Balaban J connectivity index is 2.21. The lowest BCUT2D eigenvalue weighted by Gasteiger charge is -2.30. The monoisotopic (exact) mass is 299 g/mol. The highest BCUT2D eigenvalue weighted by Gasteiger charge is 2.24. The fraction of sp³-hybridized carbons (Fsp3) is 0.455. The molecule has 0 bridgehead atoms. The van der Waals surface area contributed by atoms with Gasteiger partial charge in [-0.05, 0) is 34.8 Å². The molecule has 1 unspecified atom stereocenters. The minimum atomic E-state index is -0.425. The number of likely N-dealkylation sites (tertiary alicyclic amines) is 1. The van der Waals surface area contributed by atoms with Crippen molar-refractivity contribution in [1.82, 2.24) is 9.88 Å². The van der Waals surface area contributed by atoms with Crippen LogP contribution in [0.2, 0.25) is 0 Å². The molecule has 1 atom stereocenters. The maximum absolute atomic E-state index is 12.2. The number of anilines is 1. The summed E-state index contributed by atoms with van der Waals surface area (Å²) in [6, 6.07) is 1.55. The number of nitrogen functional groups attached to an aromatic ring is 1. The van der Waals surface area contributed by atoms with E-state index in [4.69, 9.17) is 5.73 Å². The van der Waals surface area contributed by atoms with Crippen LogP contribution >= 0.6 is 15.9 Å². The second-order valence-corrected chi connectivity index (χ2v) is 4.99. The van der Waals surface area contributed by atoms with Crippen LogP contribution in [0.3, 0.4) is 0 Å². The molecule has 1 aromatic heterocycles. The summed E-state index contributed by atoms with van der Waals surface area (Å²) in [6.45, 7) is 1.05. The smallest absolute Gasteiger partial charge is 0.255 e. The number of nitrogens with two attached hydrogens (primary N) is 1. The Bertz CT molecular complexity index is 439. The minimum absolute atomic E-state index is 0.121. The Kier molecular flexibility index (Phi) is 3.63. The first kappa shape index (κ1) is 12.3. The molecule has 0 aromatic carbocycles. The number of hydrogen-bond donors (Lipinski definition) is 2. The largest absolute Gasteiger partial charge is 0.391 e. The highest BCUT2D eigenvalue weighted by atomic mass is 79.9. The van der Waals surface area contributed by atoms with Gasteiger partial charge in [0.2, 0.25) is 0 Å². The van der Waals surface area contributed by atoms with E-state index in [1.165, 1.54) is 6.20 Å². The first-order chi connectivity index (χ1) is 8.08. The lowest BCUT2D eigenvalue weighted by molar-refractivity contribution is 0.0473.